The van der Waals surface area contributed by atoms with Gasteiger partial charge in [-0.15, -0.1) is 0 Å². The van der Waals surface area contributed by atoms with Crippen molar-refractivity contribution < 1.29 is 31.1 Å². The van der Waals surface area contributed by atoms with Gasteiger partial charge in [0, 0.05) is 5.69 Å². The van der Waals surface area contributed by atoms with E-state index in [1.807, 2.05) is 5.32 Å². The van der Waals surface area contributed by atoms with Gasteiger partial charge in [0.1, 0.15) is 0 Å². The van der Waals surface area contributed by atoms with Crippen LogP contribution in [0.2, 0.25) is 5.02 Å². The SMILES string of the molecule is CSc1ncc(Cl)c(C(=O)Nc2cc(C(F)(F)F)cc(C(F)(F)F)c2)n1. The van der Waals surface area contributed by atoms with E-state index in [0.717, 1.165) is 18.0 Å². The van der Waals surface area contributed by atoms with Crippen LogP contribution in [0.25, 0.3) is 0 Å². The maximum atomic E-state index is 12.8. The van der Waals surface area contributed by atoms with Gasteiger partial charge in [-0.1, -0.05) is 23.4 Å². The standard InChI is InChI=1S/C14H8ClF6N3OS/c1-26-12-22-5-9(15)10(24-12)11(25)23-8-3-6(13(16,17)18)2-7(4-8)14(19,20)21/h2-5H,1H3,(H,23,25). The quantitative estimate of drug-likeness (QED) is 0.428. The molecular weight excluding hydrogens is 408 g/mol. The third-order valence-electron chi connectivity index (χ3n) is 2.97. The predicted octanol–water partition coefficient (Wildman–Crippen LogP) is 5.14. The molecule has 140 valence electrons. The summed E-state index contributed by atoms with van der Waals surface area (Å²) >= 11 is 6.84. The highest BCUT2D eigenvalue weighted by Gasteiger charge is 2.37. The Morgan fingerprint density at radius 1 is 1.08 bits per heavy atom. The summed E-state index contributed by atoms with van der Waals surface area (Å²) in [6.07, 6.45) is -7.35. The second kappa shape index (κ2) is 7.31. The number of carbonyl (C=O) groups is 1. The highest BCUT2D eigenvalue weighted by molar-refractivity contribution is 7.98. The monoisotopic (exact) mass is 415 g/mol. The van der Waals surface area contributed by atoms with Crippen molar-refractivity contribution in [3.63, 3.8) is 0 Å². The molecule has 1 heterocycles. The van der Waals surface area contributed by atoms with Crippen LogP contribution in [0, 0.1) is 0 Å². The minimum Gasteiger partial charge on any atom is -0.321 e. The molecule has 0 bridgehead atoms. The first-order valence-corrected chi connectivity index (χ1v) is 8.19. The Balaban J connectivity index is 2.44. The molecule has 0 radical (unpaired) electrons. The van der Waals surface area contributed by atoms with Gasteiger partial charge in [0.2, 0.25) is 0 Å². The molecule has 1 aromatic heterocycles. The second-order valence-corrected chi connectivity index (χ2v) is 5.98. The molecule has 0 aliphatic carbocycles. The Kier molecular flexibility index (Phi) is 5.71. The maximum Gasteiger partial charge on any atom is 0.416 e. The minimum atomic E-state index is -5.03. The zero-order valence-corrected chi connectivity index (χ0v) is 14.2. The fourth-order valence-corrected chi connectivity index (χ4v) is 2.34. The van der Waals surface area contributed by atoms with Crippen LogP contribution in [-0.4, -0.2) is 22.1 Å². The lowest BCUT2D eigenvalue weighted by Gasteiger charge is -2.15. The zero-order chi connectivity index (χ0) is 19.7. The van der Waals surface area contributed by atoms with E-state index in [2.05, 4.69) is 9.97 Å². The number of hydrogen-bond donors (Lipinski definition) is 1. The molecule has 0 spiro atoms. The summed E-state index contributed by atoms with van der Waals surface area (Å²) in [5.41, 5.74) is -4.18. The van der Waals surface area contributed by atoms with Gasteiger partial charge < -0.3 is 5.32 Å². The van der Waals surface area contributed by atoms with Crippen LogP contribution in [0.15, 0.2) is 29.6 Å². The molecule has 12 heteroatoms. The lowest BCUT2D eigenvalue weighted by Crippen LogP contribution is -2.17. The van der Waals surface area contributed by atoms with Crippen molar-refractivity contribution in [3.05, 3.63) is 46.2 Å². The number of carbonyl (C=O) groups excluding carboxylic acids is 1. The normalized spacial score (nSPS) is 12.2. The maximum absolute atomic E-state index is 12.8. The van der Waals surface area contributed by atoms with E-state index in [-0.39, 0.29) is 21.9 Å². The molecule has 0 saturated carbocycles. The Morgan fingerprint density at radius 3 is 2.08 bits per heavy atom. The van der Waals surface area contributed by atoms with Crippen molar-refractivity contribution in [2.45, 2.75) is 17.5 Å². The van der Waals surface area contributed by atoms with E-state index in [1.165, 1.54) is 0 Å². The van der Waals surface area contributed by atoms with E-state index in [9.17, 15) is 31.1 Å². The summed E-state index contributed by atoms with van der Waals surface area (Å²) in [6.45, 7) is 0. The fraction of sp³-hybridized carbons (Fsp3) is 0.214. The number of amides is 1. The summed E-state index contributed by atoms with van der Waals surface area (Å²) in [4.78, 5) is 19.7. The molecule has 2 rings (SSSR count). The first-order valence-electron chi connectivity index (χ1n) is 6.59. The first kappa shape index (κ1) is 20.3. The van der Waals surface area contributed by atoms with Crippen molar-refractivity contribution in [3.8, 4) is 0 Å². The zero-order valence-electron chi connectivity index (χ0n) is 12.7. The number of halogens is 7. The van der Waals surface area contributed by atoms with Crippen LogP contribution in [0.3, 0.4) is 0 Å². The highest BCUT2D eigenvalue weighted by Crippen LogP contribution is 2.37. The summed E-state index contributed by atoms with van der Waals surface area (Å²) < 4.78 is 77.0. The van der Waals surface area contributed by atoms with Gasteiger partial charge in [0.05, 0.1) is 22.3 Å². The highest BCUT2D eigenvalue weighted by atomic mass is 35.5. The molecule has 26 heavy (non-hydrogen) atoms. The molecule has 0 atom stereocenters. The van der Waals surface area contributed by atoms with Gasteiger partial charge in [-0.25, -0.2) is 9.97 Å². The molecule has 0 saturated heterocycles. The molecule has 0 fully saturated rings. The van der Waals surface area contributed by atoms with E-state index in [4.69, 9.17) is 11.6 Å². The Morgan fingerprint density at radius 2 is 1.62 bits per heavy atom. The van der Waals surface area contributed by atoms with Crippen LogP contribution in [0.1, 0.15) is 21.6 Å². The molecule has 1 aromatic carbocycles. The smallest absolute Gasteiger partial charge is 0.321 e. The largest absolute Gasteiger partial charge is 0.416 e. The first-order chi connectivity index (χ1) is 11.9. The van der Waals surface area contributed by atoms with Crippen LogP contribution >= 0.6 is 23.4 Å². The van der Waals surface area contributed by atoms with E-state index >= 15 is 0 Å². The van der Waals surface area contributed by atoms with Crippen LogP contribution in [0.4, 0.5) is 32.0 Å². The lowest BCUT2D eigenvalue weighted by atomic mass is 10.1. The molecule has 2 aromatic rings. The third kappa shape index (κ3) is 4.79. The number of thioether (sulfide) groups is 1. The van der Waals surface area contributed by atoms with E-state index < -0.39 is 35.1 Å². The van der Waals surface area contributed by atoms with Crippen LogP contribution in [0.5, 0.6) is 0 Å². The van der Waals surface area contributed by atoms with Crippen molar-refractivity contribution in [2.24, 2.45) is 0 Å². The Labute approximate surface area is 152 Å². The average molecular weight is 416 g/mol. The van der Waals surface area contributed by atoms with Crippen molar-refractivity contribution in [1.29, 1.82) is 0 Å². The number of nitrogens with zero attached hydrogens (tertiary/aromatic N) is 2. The number of rotatable bonds is 3. The van der Waals surface area contributed by atoms with Crippen molar-refractivity contribution >= 4 is 35.0 Å². The molecular formula is C14H8ClF6N3OS. The summed E-state index contributed by atoms with van der Waals surface area (Å²) in [5.74, 6) is -1.07. The van der Waals surface area contributed by atoms with Gasteiger partial charge in [0.25, 0.3) is 5.91 Å². The molecule has 0 aliphatic rings. The summed E-state index contributed by atoms with van der Waals surface area (Å²) in [6, 6.07) is 0.731. The molecule has 1 amide bonds. The van der Waals surface area contributed by atoms with Crippen molar-refractivity contribution in [2.75, 3.05) is 11.6 Å². The Bertz CT molecular complexity index is 808. The topological polar surface area (TPSA) is 54.9 Å². The number of anilines is 1. The summed E-state index contributed by atoms with van der Waals surface area (Å²) in [7, 11) is 0. The van der Waals surface area contributed by atoms with E-state index in [0.29, 0.717) is 12.1 Å². The molecule has 0 aliphatic heterocycles. The molecule has 1 N–H and O–H groups in total. The number of alkyl halides is 6. The Hall–Kier alpha value is -2.01. The number of benzene rings is 1. The lowest BCUT2D eigenvalue weighted by molar-refractivity contribution is -0.143. The third-order valence-corrected chi connectivity index (χ3v) is 3.80. The van der Waals surface area contributed by atoms with Crippen LogP contribution < -0.4 is 5.32 Å². The fourth-order valence-electron chi connectivity index (χ4n) is 1.83. The number of aromatic nitrogens is 2. The number of nitrogens with one attached hydrogen (secondary N) is 1. The van der Waals surface area contributed by atoms with Crippen molar-refractivity contribution in [1.82, 2.24) is 9.97 Å². The van der Waals surface area contributed by atoms with Gasteiger partial charge in [-0.05, 0) is 24.5 Å². The molecule has 4 nitrogen and oxygen atoms in total. The molecule has 0 unspecified atom stereocenters. The predicted molar refractivity (Wildman–Crippen MR) is 83.2 cm³/mol. The van der Waals surface area contributed by atoms with Crippen LogP contribution in [-0.2, 0) is 12.4 Å². The summed E-state index contributed by atoms with van der Waals surface area (Å²) in [5, 5.41) is 1.90. The minimum absolute atomic E-state index is 0.0425. The van der Waals surface area contributed by atoms with Gasteiger partial charge in [-0.2, -0.15) is 26.3 Å². The second-order valence-electron chi connectivity index (χ2n) is 4.80. The number of hydrogen-bond acceptors (Lipinski definition) is 4. The van der Waals surface area contributed by atoms with Gasteiger partial charge in [0.15, 0.2) is 10.9 Å². The van der Waals surface area contributed by atoms with Gasteiger partial charge in [-0.3, -0.25) is 4.79 Å². The van der Waals surface area contributed by atoms with E-state index in [1.54, 1.807) is 6.26 Å². The van der Waals surface area contributed by atoms with Gasteiger partial charge >= 0.3 is 12.4 Å². The average Bonchev–Trinajstić information content (AvgIpc) is 2.53.